The smallest absolute Gasteiger partial charge is 0.251 e. The molecule has 0 spiro atoms. The molecule has 0 aliphatic carbocycles. The molecule has 0 saturated carbocycles. The molecule has 4 nitrogen and oxygen atoms in total. The molecule has 25 heavy (non-hydrogen) atoms. The molecule has 2 aromatic carbocycles. The standard InChI is InChI=1S/C19H20Cl2N2O2/c1-12-4-5-15(8-13(12)2)19(25)22-6-7-23(14(3)24)18-10-16(20)9-17(21)11-18/h4-5,8-11H,6-7H2,1-3H3,(H,22,25). The Labute approximate surface area is 157 Å². The molecule has 0 heterocycles. The highest BCUT2D eigenvalue weighted by Crippen LogP contribution is 2.25. The molecule has 0 radical (unpaired) electrons. The van der Waals surface area contributed by atoms with Crippen LogP contribution in [0.2, 0.25) is 10.0 Å². The average molecular weight is 379 g/mol. The van der Waals surface area contributed by atoms with Crippen molar-refractivity contribution in [1.29, 1.82) is 0 Å². The van der Waals surface area contributed by atoms with Gasteiger partial charge in [-0.25, -0.2) is 0 Å². The van der Waals surface area contributed by atoms with Crippen LogP contribution in [-0.4, -0.2) is 24.9 Å². The van der Waals surface area contributed by atoms with Gasteiger partial charge in [-0.3, -0.25) is 9.59 Å². The normalized spacial score (nSPS) is 10.4. The van der Waals surface area contributed by atoms with E-state index in [4.69, 9.17) is 23.2 Å². The monoisotopic (exact) mass is 378 g/mol. The number of nitrogens with zero attached hydrogens (tertiary/aromatic N) is 1. The van der Waals surface area contributed by atoms with Gasteiger partial charge < -0.3 is 10.2 Å². The molecule has 0 fully saturated rings. The highest BCUT2D eigenvalue weighted by molar-refractivity contribution is 6.35. The van der Waals surface area contributed by atoms with Gasteiger partial charge in [-0.1, -0.05) is 29.3 Å². The number of halogens is 2. The Bertz CT molecular complexity index is 786. The number of carbonyl (C=O) groups is 2. The van der Waals surface area contributed by atoms with Crippen LogP contribution in [0.25, 0.3) is 0 Å². The summed E-state index contributed by atoms with van der Waals surface area (Å²) in [5, 5.41) is 3.73. The lowest BCUT2D eigenvalue weighted by atomic mass is 10.1. The van der Waals surface area contributed by atoms with Gasteiger partial charge in [0, 0.05) is 41.3 Å². The summed E-state index contributed by atoms with van der Waals surface area (Å²) in [6, 6.07) is 10.5. The lowest BCUT2D eigenvalue weighted by Crippen LogP contribution is -2.37. The molecule has 0 aliphatic heterocycles. The average Bonchev–Trinajstić information content (AvgIpc) is 2.52. The van der Waals surface area contributed by atoms with Crippen molar-refractivity contribution in [2.45, 2.75) is 20.8 Å². The molecule has 2 rings (SSSR count). The number of rotatable bonds is 5. The number of carbonyl (C=O) groups excluding carboxylic acids is 2. The first kappa shape index (κ1) is 19.3. The number of nitrogens with one attached hydrogen (secondary N) is 1. The SMILES string of the molecule is CC(=O)N(CCNC(=O)c1ccc(C)c(C)c1)c1cc(Cl)cc(Cl)c1. The topological polar surface area (TPSA) is 49.4 Å². The summed E-state index contributed by atoms with van der Waals surface area (Å²) in [5.41, 5.74) is 3.40. The maximum atomic E-state index is 12.2. The van der Waals surface area contributed by atoms with Crippen molar-refractivity contribution in [2.75, 3.05) is 18.0 Å². The summed E-state index contributed by atoms with van der Waals surface area (Å²) in [6.45, 7) is 6.06. The third-order valence-electron chi connectivity index (χ3n) is 3.93. The number of anilines is 1. The first-order valence-electron chi connectivity index (χ1n) is 7.87. The predicted molar refractivity (Wildman–Crippen MR) is 103 cm³/mol. The van der Waals surface area contributed by atoms with E-state index in [1.54, 1.807) is 24.3 Å². The third kappa shape index (κ3) is 5.21. The third-order valence-corrected chi connectivity index (χ3v) is 4.37. The fraction of sp³-hybridized carbons (Fsp3) is 0.263. The molecule has 0 unspecified atom stereocenters. The minimum Gasteiger partial charge on any atom is -0.350 e. The molecule has 0 saturated heterocycles. The van der Waals surface area contributed by atoms with Crippen LogP contribution < -0.4 is 10.2 Å². The van der Waals surface area contributed by atoms with Crippen LogP contribution in [0.15, 0.2) is 36.4 Å². The van der Waals surface area contributed by atoms with Gasteiger partial charge in [0.2, 0.25) is 5.91 Å². The Balaban J connectivity index is 2.03. The van der Waals surface area contributed by atoms with Crippen LogP contribution in [0.1, 0.15) is 28.4 Å². The van der Waals surface area contributed by atoms with Gasteiger partial charge in [0.1, 0.15) is 0 Å². The number of aryl methyl sites for hydroxylation is 2. The highest BCUT2D eigenvalue weighted by Gasteiger charge is 2.14. The van der Waals surface area contributed by atoms with E-state index in [2.05, 4.69) is 5.32 Å². The Morgan fingerprint density at radius 2 is 1.64 bits per heavy atom. The number of hydrogen-bond donors (Lipinski definition) is 1. The maximum Gasteiger partial charge on any atom is 0.251 e. The van der Waals surface area contributed by atoms with Gasteiger partial charge >= 0.3 is 0 Å². The fourth-order valence-electron chi connectivity index (χ4n) is 2.43. The quantitative estimate of drug-likeness (QED) is 0.838. The number of benzene rings is 2. The molecule has 6 heteroatoms. The van der Waals surface area contributed by atoms with Crippen molar-refractivity contribution in [3.63, 3.8) is 0 Å². The second-order valence-electron chi connectivity index (χ2n) is 5.85. The summed E-state index contributed by atoms with van der Waals surface area (Å²) in [6.07, 6.45) is 0. The Kier molecular flexibility index (Phi) is 6.45. The van der Waals surface area contributed by atoms with Gasteiger partial charge in [0.15, 0.2) is 0 Å². The summed E-state index contributed by atoms with van der Waals surface area (Å²) in [7, 11) is 0. The van der Waals surface area contributed by atoms with Crippen LogP contribution in [0.4, 0.5) is 5.69 Å². The minimum absolute atomic E-state index is 0.154. The second kappa shape index (κ2) is 8.37. The lowest BCUT2D eigenvalue weighted by molar-refractivity contribution is -0.116. The van der Waals surface area contributed by atoms with E-state index in [9.17, 15) is 9.59 Å². The Morgan fingerprint density at radius 3 is 2.20 bits per heavy atom. The van der Waals surface area contributed by atoms with Crippen LogP contribution in [0.5, 0.6) is 0 Å². The van der Waals surface area contributed by atoms with Crippen molar-refractivity contribution < 1.29 is 9.59 Å². The summed E-state index contributed by atoms with van der Waals surface area (Å²) >= 11 is 12.0. The molecule has 2 aromatic rings. The fourth-order valence-corrected chi connectivity index (χ4v) is 2.94. The number of hydrogen-bond acceptors (Lipinski definition) is 2. The molecule has 0 aromatic heterocycles. The van der Waals surface area contributed by atoms with E-state index in [0.717, 1.165) is 11.1 Å². The molecular weight excluding hydrogens is 359 g/mol. The van der Waals surface area contributed by atoms with Gasteiger partial charge in [0.05, 0.1) is 0 Å². The van der Waals surface area contributed by atoms with E-state index >= 15 is 0 Å². The largest absolute Gasteiger partial charge is 0.350 e. The van der Waals surface area contributed by atoms with E-state index in [1.807, 2.05) is 26.0 Å². The highest BCUT2D eigenvalue weighted by atomic mass is 35.5. The van der Waals surface area contributed by atoms with E-state index < -0.39 is 0 Å². The predicted octanol–water partition coefficient (Wildman–Crippen LogP) is 4.39. The molecule has 0 bridgehead atoms. The van der Waals surface area contributed by atoms with Crippen molar-refractivity contribution in [2.24, 2.45) is 0 Å². The second-order valence-corrected chi connectivity index (χ2v) is 6.73. The van der Waals surface area contributed by atoms with Gasteiger partial charge in [-0.2, -0.15) is 0 Å². The Hall–Kier alpha value is -2.04. The zero-order valence-corrected chi connectivity index (χ0v) is 15.9. The van der Waals surface area contributed by atoms with Crippen LogP contribution in [0, 0.1) is 13.8 Å². The molecule has 0 atom stereocenters. The molecule has 2 amide bonds. The molecule has 0 aliphatic rings. The zero-order chi connectivity index (χ0) is 18.6. The Morgan fingerprint density at radius 1 is 1.00 bits per heavy atom. The summed E-state index contributed by atoms with van der Waals surface area (Å²) in [4.78, 5) is 25.7. The van der Waals surface area contributed by atoms with Gasteiger partial charge in [0.25, 0.3) is 5.91 Å². The van der Waals surface area contributed by atoms with Crippen LogP contribution >= 0.6 is 23.2 Å². The summed E-state index contributed by atoms with van der Waals surface area (Å²) < 4.78 is 0. The molecule has 1 N–H and O–H groups in total. The van der Waals surface area contributed by atoms with Crippen molar-refractivity contribution in [3.8, 4) is 0 Å². The summed E-state index contributed by atoms with van der Waals surface area (Å²) in [5.74, 6) is -0.325. The molecular formula is C19H20Cl2N2O2. The minimum atomic E-state index is -0.171. The van der Waals surface area contributed by atoms with Crippen molar-refractivity contribution in [3.05, 3.63) is 63.1 Å². The first-order valence-corrected chi connectivity index (χ1v) is 8.63. The van der Waals surface area contributed by atoms with Gasteiger partial charge in [-0.15, -0.1) is 0 Å². The van der Waals surface area contributed by atoms with Crippen LogP contribution in [-0.2, 0) is 4.79 Å². The van der Waals surface area contributed by atoms with E-state index in [1.165, 1.54) is 11.8 Å². The first-order chi connectivity index (χ1) is 11.8. The maximum absolute atomic E-state index is 12.2. The zero-order valence-electron chi connectivity index (χ0n) is 14.4. The van der Waals surface area contributed by atoms with Gasteiger partial charge in [-0.05, 0) is 55.3 Å². The van der Waals surface area contributed by atoms with Crippen molar-refractivity contribution >= 4 is 40.7 Å². The lowest BCUT2D eigenvalue weighted by Gasteiger charge is -2.22. The van der Waals surface area contributed by atoms with E-state index in [0.29, 0.717) is 34.4 Å². The number of amides is 2. The van der Waals surface area contributed by atoms with E-state index in [-0.39, 0.29) is 11.8 Å². The van der Waals surface area contributed by atoms with Crippen LogP contribution in [0.3, 0.4) is 0 Å². The van der Waals surface area contributed by atoms with Crippen molar-refractivity contribution in [1.82, 2.24) is 5.32 Å². The molecule has 132 valence electrons.